The summed E-state index contributed by atoms with van der Waals surface area (Å²) in [4.78, 5) is 32.3. The molecule has 0 radical (unpaired) electrons. The summed E-state index contributed by atoms with van der Waals surface area (Å²) in [5.41, 5.74) is 2.56. The summed E-state index contributed by atoms with van der Waals surface area (Å²) in [6.07, 6.45) is 0. The molecule has 4 rings (SSSR count). The number of carbonyl (C=O) groups is 2. The third-order valence-electron chi connectivity index (χ3n) is 4.68. The fourth-order valence-electron chi connectivity index (χ4n) is 3.08. The van der Waals surface area contributed by atoms with Gasteiger partial charge in [-0.05, 0) is 30.3 Å². The summed E-state index contributed by atoms with van der Waals surface area (Å²) in [6, 6.07) is 11.6. The zero-order valence-corrected chi connectivity index (χ0v) is 14.9. The van der Waals surface area contributed by atoms with Crippen molar-refractivity contribution in [2.24, 2.45) is 4.99 Å². The highest BCUT2D eigenvalue weighted by atomic mass is 19.1. The lowest BCUT2D eigenvalue weighted by atomic mass is 9.99. The molecule has 27 heavy (non-hydrogen) atoms. The molecule has 0 aromatic heterocycles. The number of fused-ring (bicyclic) bond motifs is 1. The van der Waals surface area contributed by atoms with Crippen molar-refractivity contribution in [3.8, 4) is 0 Å². The third kappa shape index (κ3) is 3.59. The molecule has 1 N–H and O–H groups in total. The van der Waals surface area contributed by atoms with Crippen LogP contribution in [0.25, 0.3) is 0 Å². The number of nitrogens with one attached hydrogen (secondary N) is 1. The first-order valence-corrected chi connectivity index (χ1v) is 8.75. The Morgan fingerprint density at radius 3 is 2.70 bits per heavy atom. The predicted molar refractivity (Wildman–Crippen MR) is 102 cm³/mol. The zero-order chi connectivity index (χ0) is 19.0. The molecule has 138 valence electrons. The fraction of sp³-hybridized carbons (Fsp3) is 0.250. The van der Waals surface area contributed by atoms with E-state index in [4.69, 9.17) is 0 Å². The first kappa shape index (κ1) is 17.4. The van der Waals surface area contributed by atoms with Crippen molar-refractivity contribution < 1.29 is 14.0 Å². The Balaban J connectivity index is 1.75. The number of anilines is 2. The minimum Gasteiger partial charge on any atom is -0.325 e. The lowest BCUT2D eigenvalue weighted by molar-refractivity contribution is -0.117. The number of hydrogen-bond donors (Lipinski definition) is 1. The average molecular weight is 366 g/mol. The van der Waals surface area contributed by atoms with Crippen molar-refractivity contribution in [1.29, 1.82) is 0 Å². The Morgan fingerprint density at radius 1 is 1.19 bits per heavy atom. The monoisotopic (exact) mass is 366 g/mol. The molecule has 7 heteroatoms. The highest BCUT2D eigenvalue weighted by molar-refractivity contribution is 6.20. The second-order valence-corrected chi connectivity index (χ2v) is 6.65. The van der Waals surface area contributed by atoms with Crippen LogP contribution in [0.15, 0.2) is 47.5 Å². The summed E-state index contributed by atoms with van der Waals surface area (Å²) < 4.78 is 14.4. The molecule has 0 saturated carbocycles. The van der Waals surface area contributed by atoms with Crippen LogP contribution in [-0.4, -0.2) is 55.7 Å². The summed E-state index contributed by atoms with van der Waals surface area (Å²) in [6.45, 7) is 2.17. The largest absolute Gasteiger partial charge is 0.325 e. The van der Waals surface area contributed by atoms with Crippen molar-refractivity contribution in [3.05, 3.63) is 59.4 Å². The lowest BCUT2D eigenvalue weighted by Crippen LogP contribution is -2.28. The molecule has 0 unspecified atom stereocenters. The van der Waals surface area contributed by atoms with Crippen LogP contribution in [0.5, 0.6) is 0 Å². The number of benzene rings is 2. The number of likely N-dealkylation sites (N-methyl/N-ethyl adjacent to an activating group) is 1. The van der Waals surface area contributed by atoms with Crippen molar-refractivity contribution >= 4 is 28.9 Å². The second-order valence-electron chi connectivity index (χ2n) is 6.65. The van der Waals surface area contributed by atoms with E-state index in [9.17, 15) is 14.0 Å². The molecule has 1 fully saturated rings. The molecule has 2 aromatic carbocycles. The highest BCUT2D eigenvalue weighted by Crippen LogP contribution is 2.29. The Bertz CT molecular complexity index is 953. The number of nitrogens with zero attached hydrogens (tertiary/aromatic N) is 3. The van der Waals surface area contributed by atoms with Gasteiger partial charge in [-0.1, -0.05) is 12.1 Å². The number of halogens is 1. The summed E-state index contributed by atoms with van der Waals surface area (Å²) in [7, 11) is 1.67. The number of amides is 2. The first-order chi connectivity index (χ1) is 13.0. The topological polar surface area (TPSA) is 64.8 Å². The van der Waals surface area contributed by atoms with E-state index in [2.05, 4.69) is 10.3 Å². The van der Waals surface area contributed by atoms with E-state index in [1.165, 1.54) is 11.0 Å². The van der Waals surface area contributed by atoms with Crippen LogP contribution in [-0.2, 0) is 9.59 Å². The first-order valence-electron chi connectivity index (χ1n) is 8.75. The zero-order valence-electron chi connectivity index (χ0n) is 14.9. The van der Waals surface area contributed by atoms with Gasteiger partial charge in [-0.25, -0.2) is 4.39 Å². The fourth-order valence-corrected chi connectivity index (χ4v) is 3.08. The molecule has 2 aromatic rings. The van der Waals surface area contributed by atoms with Gasteiger partial charge in [-0.15, -0.1) is 0 Å². The normalized spacial score (nSPS) is 16.4. The van der Waals surface area contributed by atoms with E-state index >= 15 is 0 Å². The smallest absolute Gasteiger partial charge is 0.248 e. The van der Waals surface area contributed by atoms with E-state index < -0.39 is 5.82 Å². The van der Waals surface area contributed by atoms with Gasteiger partial charge >= 0.3 is 0 Å². The molecule has 1 saturated heterocycles. The molecule has 2 aliphatic heterocycles. The SMILES string of the molecule is CN1C(=O)CN=C(c2ccccc2F)c2cc(NC(=O)CN3CC3)ccc21. The van der Waals surface area contributed by atoms with E-state index in [1.54, 1.807) is 43.4 Å². The Morgan fingerprint density at radius 2 is 1.96 bits per heavy atom. The molecule has 0 spiro atoms. The van der Waals surface area contributed by atoms with Crippen molar-refractivity contribution in [2.45, 2.75) is 0 Å². The van der Waals surface area contributed by atoms with Gasteiger partial charge in [0.15, 0.2) is 0 Å². The van der Waals surface area contributed by atoms with Gasteiger partial charge in [0.1, 0.15) is 12.4 Å². The van der Waals surface area contributed by atoms with Gasteiger partial charge in [0.05, 0.1) is 17.9 Å². The van der Waals surface area contributed by atoms with Gasteiger partial charge in [-0.3, -0.25) is 19.5 Å². The van der Waals surface area contributed by atoms with Gasteiger partial charge in [0.2, 0.25) is 11.8 Å². The maximum atomic E-state index is 14.4. The molecule has 6 nitrogen and oxygen atoms in total. The van der Waals surface area contributed by atoms with Crippen molar-refractivity contribution in [2.75, 3.05) is 43.4 Å². The number of hydrogen-bond acceptors (Lipinski definition) is 4. The molecule has 0 atom stereocenters. The van der Waals surface area contributed by atoms with Crippen LogP contribution >= 0.6 is 0 Å². The van der Waals surface area contributed by atoms with Crippen LogP contribution in [0.2, 0.25) is 0 Å². The van der Waals surface area contributed by atoms with E-state index in [0.29, 0.717) is 34.8 Å². The van der Waals surface area contributed by atoms with Crippen molar-refractivity contribution in [3.63, 3.8) is 0 Å². The minimum absolute atomic E-state index is 0.0640. The van der Waals surface area contributed by atoms with E-state index in [0.717, 1.165) is 13.1 Å². The molecular weight excluding hydrogens is 347 g/mol. The maximum Gasteiger partial charge on any atom is 0.248 e. The van der Waals surface area contributed by atoms with Crippen LogP contribution in [0, 0.1) is 5.82 Å². The van der Waals surface area contributed by atoms with Gasteiger partial charge < -0.3 is 10.2 Å². The van der Waals surface area contributed by atoms with Crippen LogP contribution in [0.1, 0.15) is 11.1 Å². The number of aliphatic imine (C=N–C) groups is 1. The minimum atomic E-state index is -0.407. The van der Waals surface area contributed by atoms with Gasteiger partial charge in [0.25, 0.3) is 0 Å². The number of benzodiazepines with no additional fused rings is 1. The van der Waals surface area contributed by atoms with Crippen LogP contribution in [0.3, 0.4) is 0 Å². The van der Waals surface area contributed by atoms with Crippen molar-refractivity contribution in [1.82, 2.24) is 4.90 Å². The maximum absolute atomic E-state index is 14.4. The molecule has 0 aliphatic carbocycles. The second kappa shape index (κ2) is 6.92. The average Bonchev–Trinajstić information content (AvgIpc) is 3.47. The quantitative estimate of drug-likeness (QED) is 0.841. The summed E-state index contributed by atoms with van der Waals surface area (Å²) >= 11 is 0. The van der Waals surface area contributed by atoms with Crippen LogP contribution < -0.4 is 10.2 Å². The summed E-state index contributed by atoms with van der Waals surface area (Å²) in [5, 5.41) is 2.86. The lowest BCUT2D eigenvalue weighted by Gasteiger charge is -2.19. The molecular formula is C20H19FN4O2. The Labute approximate surface area is 156 Å². The third-order valence-corrected chi connectivity index (χ3v) is 4.68. The molecule has 2 heterocycles. The van der Waals surface area contributed by atoms with Gasteiger partial charge in [0, 0.05) is 37.0 Å². The summed E-state index contributed by atoms with van der Waals surface area (Å²) in [5.74, 6) is -0.689. The molecule has 2 amide bonds. The van der Waals surface area contributed by atoms with E-state index in [1.807, 2.05) is 4.90 Å². The Kier molecular flexibility index (Phi) is 4.45. The van der Waals surface area contributed by atoms with Gasteiger partial charge in [-0.2, -0.15) is 0 Å². The predicted octanol–water partition coefficient (Wildman–Crippen LogP) is 1.89. The standard InChI is InChI=1S/C20H19FN4O2/c1-24-17-7-6-13(23-18(26)12-25-8-9-25)10-15(17)20(22-11-19(24)27)14-4-2-3-5-16(14)21/h2-7,10H,8-9,11-12H2,1H3,(H,23,26). The van der Waals surface area contributed by atoms with Crippen LogP contribution in [0.4, 0.5) is 15.8 Å². The number of carbonyl (C=O) groups excluding carboxylic acids is 2. The van der Waals surface area contributed by atoms with E-state index in [-0.39, 0.29) is 18.4 Å². The highest BCUT2D eigenvalue weighted by Gasteiger charge is 2.25. The number of rotatable bonds is 4. The molecule has 2 aliphatic rings. The molecule has 0 bridgehead atoms. The Hall–Kier alpha value is -3.06.